The molecule has 0 N–H and O–H groups in total. The standard InChI is InChI=1S/C11H10FN3O2/c1-8-2-3-14(13-8)7-9-4-10(12)6-11(5-9)15(16)17/h2-6H,7H2,1H3. The Kier molecular flexibility index (Phi) is 2.86. The van der Waals surface area contributed by atoms with Gasteiger partial charge in [-0.15, -0.1) is 0 Å². The molecule has 0 unspecified atom stereocenters. The van der Waals surface area contributed by atoms with Crippen LogP contribution >= 0.6 is 0 Å². The summed E-state index contributed by atoms with van der Waals surface area (Å²) >= 11 is 0. The lowest BCUT2D eigenvalue weighted by Crippen LogP contribution is -2.02. The van der Waals surface area contributed by atoms with Crippen LogP contribution in [0.4, 0.5) is 10.1 Å². The van der Waals surface area contributed by atoms with Crippen LogP contribution in [0.3, 0.4) is 0 Å². The Bertz CT molecular complexity index is 566. The Labute approximate surface area is 96.6 Å². The highest BCUT2D eigenvalue weighted by atomic mass is 19.1. The van der Waals surface area contributed by atoms with Crippen molar-refractivity contribution in [3.05, 3.63) is 57.7 Å². The van der Waals surface area contributed by atoms with E-state index >= 15 is 0 Å². The molecule has 0 atom stereocenters. The Morgan fingerprint density at radius 3 is 2.82 bits per heavy atom. The molecule has 5 nitrogen and oxygen atoms in total. The van der Waals surface area contributed by atoms with Crippen LogP contribution in [0.25, 0.3) is 0 Å². The number of aryl methyl sites for hydroxylation is 1. The first-order valence-electron chi connectivity index (χ1n) is 4.98. The van der Waals surface area contributed by atoms with Gasteiger partial charge in [0.2, 0.25) is 0 Å². The summed E-state index contributed by atoms with van der Waals surface area (Å²) in [5, 5.41) is 14.7. The maximum atomic E-state index is 13.2. The van der Waals surface area contributed by atoms with Gasteiger partial charge in [0.15, 0.2) is 0 Å². The second-order valence-corrected chi connectivity index (χ2v) is 3.73. The van der Waals surface area contributed by atoms with Crippen molar-refractivity contribution < 1.29 is 9.31 Å². The average Bonchev–Trinajstić information content (AvgIpc) is 2.63. The molecular formula is C11H10FN3O2. The number of nitrogens with zero attached hydrogens (tertiary/aromatic N) is 3. The highest BCUT2D eigenvalue weighted by molar-refractivity contribution is 5.35. The molecule has 17 heavy (non-hydrogen) atoms. The van der Waals surface area contributed by atoms with Gasteiger partial charge in [0.25, 0.3) is 5.69 Å². The average molecular weight is 235 g/mol. The molecule has 0 bridgehead atoms. The van der Waals surface area contributed by atoms with Crippen molar-refractivity contribution in [3.63, 3.8) is 0 Å². The lowest BCUT2D eigenvalue weighted by molar-refractivity contribution is -0.385. The highest BCUT2D eigenvalue weighted by Gasteiger charge is 2.10. The van der Waals surface area contributed by atoms with E-state index in [2.05, 4.69) is 5.10 Å². The zero-order valence-electron chi connectivity index (χ0n) is 9.13. The number of halogens is 1. The van der Waals surface area contributed by atoms with Crippen LogP contribution in [0.1, 0.15) is 11.3 Å². The molecular weight excluding hydrogens is 225 g/mol. The molecule has 88 valence electrons. The molecule has 0 spiro atoms. The Morgan fingerprint density at radius 2 is 2.24 bits per heavy atom. The summed E-state index contributed by atoms with van der Waals surface area (Å²) in [7, 11) is 0. The van der Waals surface area contributed by atoms with Crippen molar-refractivity contribution in [2.75, 3.05) is 0 Å². The molecule has 2 rings (SSSR count). The van der Waals surface area contributed by atoms with E-state index in [-0.39, 0.29) is 5.69 Å². The molecule has 0 aliphatic carbocycles. The van der Waals surface area contributed by atoms with E-state index in [1.165, 1.54) is 12.1 Å². The first-order chi connectivity index (χ1) is 8.04. The van der Waals surface area contributed by atoms with Crippen LogP contribution in [-0.4, -0.2) is 14.7 Å². The van der Waals surface area contributed by atoms with Gasteiger partial charge in [0.1, 0.15) is 5.82 Å². The predicted octanol–water partition coefficient (Wildman–Crippen LogP) is 2.29. The van der Waals surface area contributed by atoms with Gasteiger partial charge in [-0.1, -0.05) is 0 Å². The molecule has 0 radical (unpaired) electrons. The Balaban J connectivity index is 2.29. The second-order valence-electron chi connectivity index (χ2n) is 3.73. The van der Waals surface area contributed by atoms with Crippen molar-refractivity contribution in [3.8, 4) is 0 Å². The van der Waals surface area contributed by atoms with Crippen LogP contribution in [0.5, 0.6) is 0 Å². The zero-order valence-corrected chi connectivity index (χ0v) is 9.13. The number of nitro groups is 1. The van der Waals surface area contributed by atoms with Gasteiger partial charge in [-0.25, -0.2) is 4.39 Å². The van der Waals surface area contributed by atoms with E-state index in [1.54, 1.807) is 10.9 Å². The van der Waals surface area contributed by atoms with Gasteiger partial charge in [0.05, 0.1) is 23.2 Å². The number of non-ortho nitro benzene ring substituents is 1. The van der Waals surface area contributed by atoms with Gasteiger partial charge in [-0.05, 0) is 24.6 Å². The molecule has 0 saturated carbocycles. The molecule has 0 aliphatic rings. The number of rotatable bonds is 3. The SMILES string of the molecule is Cc1ccn(Cc2cc(F)cc([N+](=O)[O-])c2)n1. The van der Waals surface area contributed by atoms with Gasteiger partial charge in [-0.3, -0.25) is 14.8 Å². The van der Waals surface area contributed by atoms with Crippen LogP contribution in [-0.2, 0) is 6.54 Å². The quantitative estimate of drug-likeness (QED) is 0.605. The summed E-state index contributed by atoms with van der Waals surface area (Å²) in [4.78, 5) is 9.97. The lowest BCUT2D eigenvalue weighted by Gasteiger charge is -2.02. The largest absolute Gasteiger partial charge is 0.272 e. The van der Waals surface area contributed by atoms with E-state index in [1.807, 2.05) is 13.0 Å². The van der Waals surface area contributed by atoms with E-state index in [4.69, 9.17) is 0 Å². The number of hydrogen-bond acceptors (Lipinski definition) is 3. The van der Waals surface area contributed by atoms with Crippen molar-refractivity contribution in [2.24, 2.45) is 0 Å². The van der Waals surface area contributed by atoms with Crippen LogP contribution in [0, 0.1) is 22.9 Å². The Hall–Kier alpha value is -2.24. The smallest absolute Gasteiger partial charge is 0.268 e. The third-order valence-electron chi connectivity index (χ3n) is 2.27. The van der Waals surface area contributed by atoms with Gasteiger partial charge >= 0.3 is 0 Å². The van der Waals surface area contributed by atoms with E-state index < -0.39 is 10.7 Å². The number of benzene rings is 1. The molecule has 0 amide bonds. The van der Waals surface area contributed by atoms with Gasteiger partial charge in [0, 0.05) is 12.3 Å². The highest BCUT2D eigenvalue weighted by Crippen LogP contribution is 2.17. The first kappa shape index (κ1) is 11.3. The normalized spacial score (nSPS) is 10.5. The molecule has 6 heteroatoms. The first-order valence-corrected chi connectivity index (χ1v) is 4.98. The number of nitro benzene ring substituents is 1. The number of hydrogen-bond donors (Lipinski definition) is 0. The van der Waals surface area contributed by atoms with Crippen LogP contribution in [0.15, 0.2) is 30.5 Å². The predicted molar refractivity (Wildman–Crippen MR) is 59.1 cm³/mol. The van der Waals surface area contributed by atoms with Crippen molar-refractivity contribution in [2.45, 2.75) is 13.5 Å². The summed E-state index contributed by atoms with van der Waals surface area (Å²) in [6.45, 7) is 2.15. The van der Waals surface area contributed by atoms with Crippen LogP contribution < -0.4 is 0 Å². The summed E-state index contributed by atoms with van der Waals surface area (Å²) < 4.78 is 14.8. The molecule has 2 aromatic rings. The monoisotopic (exact) mass is 235 g/mol. The van der Waals surface area contributed by atoms with E-state index in [9.17, 15) is 14.5 Å². The topological polar surface area (TPSA) is 61.0 Å². The summed E-state index contributed by atoms with van der Waals surface area (Å²) in [5.74, 6) is -0.613. The molecule has 0 saturated heterocycles. The third-order valence-corrected chi connectivity index (χ3v) is 2.27. The van der Waals surface area contributed by atoms with Crippen molar-refractivity contribution in [1.29, 1.82) is 0 Å². The summed E-state index contributed by atoms with van der Waals surface area (Å²) in [5.41, 5.74) is 1.11. The summed E-state index contributed by atoms with van der Waals surface area (Å²) in [6, 6.07) is 5.33. The van der Waals surface area contributed by atoms with Gasteiger partial charge in [-0.2, -0.15) is 5.10 Å². The molecule has 1 heterocycles. The zero-order chi connectivity index (χ0) is 12.4. The van der Waals surface area contributed by atoms with Gasteiger partial charge < -0.3 is 0 Å². The minimum absolute atomic E-state index is 0.246. The number of aromatic nitrogens is 2. The van der Waals surface area contributed by atoms with Crippen molar-refractivity contribution in [1.82, 2.24) is 9.78 Å². The van der Waals surface area contributed by atoms with Crippen molar-refractivity contribution >= 4 is 5.69 Å². The Morgan fingerprint density at radius 1 is 1.47 bits per heavy atom. The third kappa shape index (κ3) is 2.66. The molecule has 0 fully saturated rings. The van der Waals surface area contributed by atoms with E-state index in [0.717, 1.165) is 11.8 Å². The fraction of sp³-hybridized carbons (Fsp3) is 0.182. The minimum Gasteiger partial charge on any atom is -0.268 e. The van der Waals surface area contributed by atoms with Crippen LogP contribution in [0.2, 0.25) is 0 Å². The van der Waals surface area contributed by atoms with E-state index in [0.29, 0.717) is 12.1 Å². The molecule has 1 aromatic carbocycles. The molecule has 1 aromatic heterocycles. The lowest BCUT2D eigenvalue weighted by atomic mass is 10.2. The maximum Gasteiger partial charge on any atom is 0.272 e. The minimum atomic E-state index is -0.613. The fourth-order valence-electron chi connectivity index (χ4n) is 1.57. The fourth-order valence-corrected chi connectivity index (χ4v) is 1.57. The second kappa shape index (κ2) is 4.32. The molecule has 0 aliphatic heterocycles. The maximum absolute atomic E-state index is 13.2. The summed E-state index contributed by atoms with van der Waals surface area (Å²) in [6.07, 6.45) is 1.74.